The fourth-order valence-electron chi connectivity index (χ4n) is 4.01. The SMILES string of the molecule is CN1CCN(CCNCc2ccc(-c3cc(=O)c4ccccc4n3C)cc2)CC1. The lowest BCUT2D eigenvalue weighted by Crippen LogP contribution is -2.46. The van der Waals surface area contributed by atoms with Crippen LogP contribution in [0.15, 0.2) is 59.4 Å². The highest BCUT2D eigenvalue weighted by Crippen LogP contribution is 2.22. The number of likely N-dealkylation sites (N-methyl/N-ethyl adjacent to an activating group) is 1. The van der Waals surface area contributed by atoms with Crippen LogP contribution in [0.1, 0.15) is 5.56 Å². The van der Waals surface area contributed by atoms with Crippen molar-refractivity contribution in [3.8, 4) is 11.3 Å². The van der Waals surface area contributed by atoms with Gasteiger partial charge in [-0.15, -0.1) is 0 Å². The van der Waals surface area contributed by atoms with E-state index in [1.165, 1.54) is 18.7 Å². The van der Waals surface area contributed by atoms with Crippen LogP contribution in [0.2, 0.25) is 0 Å². The molecule has 0 bridgehead atoms. The Morgan fingerprint density at radius 1 is 0.931 bits per heavy atom. The summed E-state index contributed by atoms with van der Waals surface area (Å²) in [5.74, 6) is 0. The van der Waals surface area contributed by atoms with Crippen molar-refractivity contribution in [3.05, 3.63) is 70.4 Å². The van der Waals surface area contributed by atoms with Crippen LogP contribution in [-0.4, -0.2) is 60.7 Å². The molecule has 1 aliphatic heterocycles. The number of hydrogen-bond acceptors (Lipinski definition) is 4. The van der Waals surface area contributed by atoms with Gasteiger partial charge in [-0.3, -0.25) is 9.69 Å². The van der Waals surface area contributed by atoms with Gasteiger partial charge < -0.3 is 14.8 Å². The van der Waals surface area contributed by atoms with Gasteiger partial charge in [0.2, 0.25) is 0 Å². The number of nitrogens with one attached hydrogen (secondary N) is 1. The van der Waals surface area contributed by atoms with Crippen molar-refractivity contribution in [2.24, 2.45) is 7.05 Å². The molecule has 0 unspecified atom stereocenters. The van der Waals surface area contributed by atoms with E-state index in [0.717, 1.165) is 54.9 Å². The van der Waals surface area contributed by atoms with Crippen molar-refractivity contribution in [3.63, 3.8) is 0 Å². The quantitative estimate of drug-likeness (QED) is 0.657. The minimum atomic E-state index is 0.0725. The molecule has 1 N–H and O–H groups in total. The number of nitrogens with zero attached hydrogens (tertiary/aromatic N) is 3. The molecule has 5 heteroatoms. The molecule has 1 fully saturated rings. The van der Waals surface area contributed by atoms with Crippen LogP contribution >= 0.6 is 0 Å². The Morgan fingerprint density at radius 2 is 1.66 bits per heavy atom. The molecule has 3 aromatic rings. The number of hydrogen-bond donors (Lipinski definition) is 1. The molecule has 0 radical (unpaired) electrons. The fraction of sp³-hybridized carbons (Fsp3) is 0.375. The number of aryl methyl sites for hydroxylation is 1. The van der Waals surface area contributed by atoms with Crippen LogP contribution in [-0.2, 0) is 13.6 Å². The zero-order valence-electron chi connectivity index (χ0n) is 17.4. The summed E-state index contributed by atoms with van der Waals surface area (Å²) in [4.78, 5) is 17.4. The molecule has 0 spiro atoms. The first-order valence-corrected chi connectivity index (χ1v) is 10.4. The molecular formula is C24H30N4O. The smallest absolute Gasteiger partial charge is 0.190 e. The van der Waals surface area contributed by atoms with Crippen LogP contribution < -0.4 is 10.7 Å². The highest BCUT2D eigenvalue weighted by Gasteiger charge is 2.12. The molecule has 0 saturated carbocycles. The average Bonchev–Trinajstić information content (AvgIpc) is 2.76. The topological polar surface area (TPSA) is 40.5 Å². The van der Waals surface area contributed by atoms with Crippen LogP contribution in [0.3, 0.4) is 0 Å². The molecule has 1 aliphatic rings. The predicted octanol–water partition coefficient (Wildman–Crippen LogP) is 2.54. The summed E-state index contributed by atoms with van der Waals surface area (Å²) in [5.41, 5.74) is 4.31. The maximum atomic E-state index is 12.5. The van der Waals surface area contributed by atoms with Crippen LogP contribution in [0.5, 0.6) is 0 Å². The lowest BCUT2D eigenvalue weighted by atomic mass is 10.1. The van der Waals surface area contributed by atoms with Crippen molar-refractivity contribution >= 4 is 10.9 Å². The zero-order valence-corrected chi connectivity index (χ0v) is 17.4. The van der Waals surface area contributed by atoms with E-state index < -0.39 is 0 Å². The van der Waals surface area contributed by atoms with Gasteiger partial charge in [0, 0.05) is 64.3 Å². The Hall–Kier alpha value is -2.47. The summed E-state index contributed by atoms with van der Waals surface area (Å²) in [6.07, 6.45) is 0. The predicted molar refractivity (Wildman–Crippen MR) is 120 cm³/mol. The van der Waals surface area contributed by atoms with Gasteiger partial charge in [0.15, 0.2) is 5.43 Å². The molecule has 29 heavy (non-hydrogen) atoms. The second-order valence-electron chi connectivity index (χ2n) is 7.99. The van der Waals surface area contributed by atoms with Crippen molar-refractivity contribution in [1.29, 1.82) is 0 Å². The first-order valence-electron chi connectivity index (χ1n) is 10.4. The second kappa shape index (κ2) is 8.91. The number of fused-ring (bicyclic) bond motifs is 1. The maximum absolute atomic E-state index is 12.5. The van der Waals surface area contributed by atoms with Gasteiger partial charge in [-0.1, -0.05) is 36.4 Å². The lowest BCUT2D eigenvalue weighted by Gasteiger charge is -2.32. The minimum absolute atomic E-state index is 0.0725. The zero-order chi connectivity index (χ0) is 20.2. The summed E-state index contributed by atoms with van der Waals surface area (Å²) in [6.45, 7) is 7.63. The third kappa shape index (κ3) is 4.58. The molecule has 0 atom stereocenters. The van der Waals surface area contributed by atoms with Crippen LogP contribution in [0.25, 0.3) is 22.2 Å². The first-order chi connectivity index (χ1) is 14.1. The van der Waals surface area contributed by atoms with Crippen molar-refractivity contribution in [2.75, 3.05) is 46.3 Å². The van der Waals surface area contributed by atoms with E-state index in [2.05, 4.69) is 51.0 Å². The number of benzene rings is 2. The molecule has 4 rings (SSSR count). The Bertz CT molecular complexity index is 1020. The van der Waals surface area contributed by atoms with E-state index in [1.807, 2.05) is 31.3 Å². The maximum Gasteiger partial charge on any atom is 0.190 e. The normalized spacial score (nSPS) is 15.8. The Kier molecular flexibility index (Phi) is 6.09. The molecular weight excluding hydrogens is 360 g/mol. The van der Waals surface area contributed by atoms with E-state index in [-0.39, 0.29) is 5.43 Å². The second-order valence-corrected chi connectivity index (χ2v) is 7.99. The van der Waals surface area contributed by atoms with Gasteiger partial charge in [0.1, 0.15) is 0 Å². The average molecular weight is 391 g/mol. The Morgan fingerprint density at radius 3 is 2.41 bits per heavy atom. The highest BCUT2D eigenvalue weighted by molar-refractivity contribution is 5.82. The lowest BCUT2D eigenvalue weighted by molar-refractivity contribution is 0.154. The summed E-state index contributed by atoms with van der Waals surface area (Å²) < 4.78 is 2.10. The molecule has 2 aromatic carbocycles. The van der Waals surface area contributed by atoms with E-state index in [4.69, 9.17) is 0 Å². The van der Waals surface area contributed by atoms with Gasteiger partial charge in [0.05, 0.1) is 11.2 Å². The number of aromatic nitrogens is 1. The van der Waals surface area contributed by atoms with Crippen molar-refractivity contribution < 1.29 is 0 Å². The summed E-state index contributed by atoms with van der Waals surface area (Å²) in [5, 5.41) is 4.32. The van der Waals surface area contributed by atoms with Crippen LogP contribution in [0, 0.1) is 0 Å². The van der Waals surface area contributed by atoms with Gasteiger partial charge in [0.25, 0.3) is 0 Å². The summed E-state index contributed by atoms with van der Waals surface area (Å²) in [6, 6.07) is 18.0. The molecule has 2 heterocycles. The first kappa shape index (κ1) is 19.8. The summed E-state index contributed by atoms with van der Waals surface area (Å²) >= 11 is 0. The third-order valence-electron chi connectivity index (χ3n) is 5.94. The van der Waals surface area contributed by atoms with E-state index >= 15 is 0 Å². The van der Waals surface area contributed by atoms with Crippen molar-refractivity contribution in [2.45, 2.75) is 6.54 Å². The highest BCUT2D eigenvalue weighted by atomic mass is 16.1. The molecule has 1 aromatic heterocycles. The Balaban J connectivity index is 1.38. The van der Waals surface area contributed by atoms with Gasteiger partial charge in [-0.25, -0.2) is 0 Å². The van der Waals surface area contributed by atoms with Gasteiger partial charge >= 0.3 is 0 Å². The minimum Gasteiger partial charge on any atom is -0.343 e. The van der Waals surface area contributed by atoms with Crippen LogP contribution in [0.4, 0.5) is 0 Å². The Labute approximate surface area is 172 Å². The van der Waals surface area contributed by atoms with E-state index in [0.29, 0.717) is 0 Å². The largest absolute Gasteiger partial charge is 0.343 e. The van der Waals surface area contributed by atoms with E-state index in [1.54, 1.807) is 6.07 Å². The number of rotatable bonds is 6. The van der Waals surface area contributed by atoms with E-state index in [9.17, 15) is 4.79 Å². The number of piperazine rings is 1. The standard InChI is InChI=1S/C24H30N4O/c1-26-13-15-28(16-14-26)12-11-25-18-19-7-9-20(10-8-19)23-17-24(29)21-5-3-4-6-22(21)27(23)2/h3-10,17,25H,11-16,18H2,1-2H3. The molecule has 0 amide bonds. The monoisotopic (exact) mass is 390 g/mol. The number of pyridine rings is 1. The van der Waals surface area contributed by atoms with Crippen molar-refractivity contribution in [1.82, 2.24) is 19.7 Å². The molecule has 1 saturated heterocycles. The molecule has 5 nitrogen and oxygen atoms in total. The van der Waals surface area contributed by atoms with Gasteiger partial charge in [-0.05, 0) is 30.3 Å². The number of para-hydroxylation sites is 1. The molecule has 152 valence electrons. The summed E-state index contributed by atoms with van der Waals surface area (Å²) in [7, 11) is 4.21. The molecule has 0 aliphatic carbocycles. The third-order valence-corrected chi connectivity index (χ3v) is 5.94. The fourth-order valence-corrected chi connectivity index (χ4v) is 4.01. The van der Waals surface area contributed by atoms with Gasteiger partial charge in [-0.2, -0.15) is 0 Å².